The minimum Gasteiger partial charge on any atom is -0.269 e. The standard InChI is InChI=1S/C8H10N2O4/c1-2-9-13-5-8(14-9)10-6(11)3-4-7(10)12/h3-4,8H,2,5H2,1H3. The largest absolute Gasteiger partial charge is 0.269 e. The van der Waals surface area contributed by atoms with E-state index < -0.39 is 6.23 Å². The van der Waals surface area contributed by atoms with Gasteiger partial charge in [0.2, 0.25) is 0 Å². The quantitative estimate of drug-likeness (QED) is 0.556. The van der Waals surface area contributed by atoms with Gasteiger partial charge in [-0.05, 0) is 6.92 Å². The van der Waals surface area contributed by atoms with Crippen LogP contribution in [0.25, 0.3) is 0 Å². The molecule has 0 aromatic rings. The molecule has 0 aliphatic carbocycles. The maximum absolute atomic E-state index is 11.2. The summed E-state index contributed by atoms with van der Waals surface area (Å²) in [6, 6.07) is 0. The molecule has 1 atom stereocenters. The van der Waals surface area contributed by atoms with Crippen molar-refractivity contribution < 1.29 is 19.3 Å². The van der Waals surface area contributed by atoms with Crippen LogP contribution in [-0.4, -0.2) is 41.3 Å². The summed E-state index contributed by atoms with van der Waals surface area (Å²) in [7, 11) is 0. The molecule has 0 radical (unpaired) electrons. The summed E-state index contributed by atoms with van der Waals surface area (Å²) >= 11 is 0. The van der Waals surface area contributed by atoms with Gasteiger partial charge in [-0.3, -0.25) is 14.4 Å². The van der Waals surface area contributed by atoms with Crippen molar-refractivity contribution in [3.8, 4) is 0 Å². The summed E-state index contributed by atoms with van der Waals surface area (Å²) in [4.78, 5) is 33.8. The van der Waals surface area contributed by atoms with E-state index in [1.54, 1.807) is 0 Å². The fourth-order valence-corrected chi connectivity index (χ4v) is 1.33. The van der Waals surface area contributed by atoms with Gasteiger partial charge >= 0.3 is 0 Å². The van der Waals surface area contributed by atoms with Gasteiger partial charge in [-0.1, -0.05) is 5.23 Å². The monoisotopic (exact) mass is 198 g/mol. The first-order valence-corrected chi connectivity index (χ1v) is 4.35. The highest BCUT2D eigenvalue weighted by molar-refractivity contribution is 6.13. The van der Waals surface area contributed by atoms with Crippen molar-refractivity contribution >= 4 is 11.8 Å². The van der Waals surface area contributed by atoms with Gasteiger partial charge in [-0.15, -0.1) is 0 Å². The predicted molar refractivity (Wildman–Crippen MR) is 44.2 cm³/mol. The molecule has 2 rings (SSSR count). The molecule has 2 aliphatic heterocycles. The van der Waals surface area contributed by atoms with E-state index in [1.165, 1.54) is 17.4 Å². The molecule has 0 aromatic carbocycles. The number of carbonyl (C=O) groups is 2. The number of carbonyl (C=O) groups excluding carboxylic acids is 2. The number of imide groups is 1. The number of amides is 2. The minimum atomic E-state index is -0.634. The van der Waals surface area contributed by atoms with Crippen molar-refractivity contribution in [3.63, 3.8) is 0 Å². The average Bonchev–Trinajstić information content (AvgIpc) is 2.73. The van der Waals surface area contributed by atoms with E-state index in [0.717, 1.165) is 4.90 Å². The molecule has 0 aromatic heterocycles. The minimum absolute atomic E-state index is 0.188. The Hall–Kier alpha value is -1.24. The fourth-order valence-electron chi connectivity index (χ4n) is 1.33. The van der Waals surface area contributed by atoms with Crippen molar-refractivity contribution in [3.05, 3.63) is 12.2 Å². The zero-order chi connectivity index (χ0) is 10.1. The summed E-state index contributed by atoms with van der Waals surface area (Å²) in [5.74, 6) is -0.719. The summed E-state index contributed by atoms with van der Waals surface area (Å²) in [5, 5.41) is 1.25. The normalized spacial score (nSPS) is 28.1. The molecule has 1 fully saturated rings. The maximum atomic E-state index is 11.2. The van der Waals surface area contributed by atoms with Gasteiger partial charge in [0.25, 0.3) is 11.8 Å². The van der Waals surface area contributed by atoms with Crippen LogP contribution in [0.4, 0.5) is 0 Å². The van der Waals surface area contributed by atoms with E-state index in [4.69, 9.17) is 9.68 Å². The average molecular weight is 198 g/mol. The van der Waals surface area contributed by atoms with Crippen molar-refractivity contribution in [2.45, 2.75) is 13.2 Å². The highest BCUT2D eigenvalue weighted by Gasteiger charge is 2.37. The molecule has 1 unspecified atom stereocenters. The third-order valence-corrected chi connectivity index (χ3v) is 1.99. The number of hydrogen-bond donors (Lipinski definition) is 0. The number of hydroxylamine groups is 2. The van der Waals surface area contributed by atoms with Crippen LogP contribution in [0.5, 0.6) is 0 Å². The topological polar surface area (TPSA) is 59.1 Å². The van der Waals surface area contributed by atoms with Crippen molar-refractivity contribution in [1.82, 2.24) is 10.1 Å². The Morgan fingerprint density at radius 1 is 1.43 bits per heavy atom. The summed E-state index contributed by atoms with van der Waals surface area (Å²) < 4.78 is 0. The Bertz CT molecular complexity index is 284. The van der Waals surface area contributed by atoms with Crippen LogP contribution in [0.2, 0.25) is 0 Å². The molecule has 0 bridgehead atoms. The SMILES string of the molecule is CCN1OCC(N2C(=O)C=CC2=O)O1. The first-order chi connectivity index (χ1) is 6.72. The Morgan fingerprint density at radius 3 is 2.57 bits per heavy atom. The lowest BCUT2D eigenvalue weighted by Gasteiger charge is -2.19. The molecule has 0 spiro atoms. The first kappa shape index (κ1) is 9.32. The lowest BCUT2D eigenvalue weighted by Crippen LogP contribution is -2.42. The highest BCUT2D eigenvalue weighted by Crippen LogP contribution is 2.17. The zero-order valence-electron chi connectivity index (χ0n) is 7.67. The van der Waals surface area contributed by atoms with Crippen LogP contribution >= 0.6 is 0 Å². The Labute approximate surface area is 80.6 Å². The molecule has 0 N–H and O–H groups in total. The summed E-state index contributed by atoms with van der Waals surface area (Å²) in [6.07, 6.45) is 1.81. The molecule has 6 heteroatoms. The Kier molecular flexibility index (Phi) is 2.32. The van der Waals surface area contributed by atoms with Crippen LogP contribution in [0.15, 0.2) is 12.2 Å². The third kappa shape index (κ3) is 1.43. The van der Waals surface area contributed by atoms with Gasteiger partial charge in [-0.2, -0.15) is 0 Å². The van der Waals surface area contributed by atoms with E-state index in [0.29, 0.717) is 6.54 Å². The van der Waals surface area contributed by atoms with Crippen LogP contribution in [-0.2, 0) is 19.3 Å². The van der Waals surface area contributed by atoms with Crippen LogP contribution < -0.4 is 0 Å². The Balaban J connectivity index is 2.03. The van der Waals surface area contributed by atoms with Gasteiger partial charge in [-0.25, -0.2) is 9.74 Å². The summed E-state index contributed by atoms with van der Waals surface area (Å²) in [6.45, 7) is 2.57. The van der Waals surface area contributed by atoms with Gasteiger partial charge in [0.1, 0.15) is 6.61 Å². The van der Waals surface area contributed by atoms with E-state index in [9.17, 15) is 9.59 Å². The first-order valence-electron chi connectivity index (χ1n) is 4.35. The second kappa shape index (κ2) is 3.49. The van der Waals surface area contributed by atoms with E-state index >= 15 is 0 Å². The van der Waals surface area contributed by atoms with Gasteiger partial charge < -0.3 is 0 Å². The smallest absolute Gasteiger partial charge is 0.255 e. The van der Waals surface area contributed by atoms with E-state index in [1.807, 2.05) is 6.92 Å². The predicted octanol–water partition coefficient (Wildman–Crippen LogP) is -0.564. The van der Waals surface area contributed by atoms with Crippen molar-refractivity contribution in [1.29, 1.82) is 0 Å². The van der Waals surface area contributed by atoms with Crippen molar-refractivity contribution in [2.75, 3.05) is 13.2 Å². The van der Waals surface area contributed by atoms with E-state index in [2.05, 4.69) is 0 Å². The van der Waals surface area contributed by atoms with Crippen LogP contribution in [0.1, 0.15) is 6.92 Å². The molecular formula is C8H10N2O4. The Morgan fingerprint density at radius 2 is 2.07 bits per heavy atom. The molecule has 2 aliphatic rings. The molecule has 76 valence electrons. The fraction of sp³-hybridized carbons (Fsp3) is 0.500. The van der Waals surface area contributed by atoms with E-state index in [-0.39, 0.29) is 18.4 Å². The third-order valence-electron chi connectivity index (χ3n) is 1.99. The van der Waals surface area contributed by atoms with Gasteiger partial charge in [0.15, 0.2) is 6.23 Å². The lowest BCUT2D eigenvalue weighted by molar-refractivity contribution is -0.311. The maximum Gasteiger partial charge on any atom is 0.255 e. The molecule has 1 saturated heterocycles. The molecule has 14 heavy (non-hydrogen) atoms. The van der Waals surface area contributed by atoms with Crippen LogP contribution in [0.3, 0.4) is 0 Å². The van der Waals surface area contributed by atoms with Crippen LogP contribution in [0, 0.1) is 0 Å². The number of hydrogen-bond acceptors (Lipinski definition) is 5. The summed E-state index contributed by atoms with van der Waals surface area (Å²) in [5.41, 5.74) is 0. The van der Waals surface area contributed by atoms with Gasteiger partial charge in [0, 0.05) is 18.7 Å². The molecule has 2 amide bonds. The van der Waals surface area contributed by atoms with Crippen molar-refractivity contribution in [2.24, 2.45) is 0 Å². The second-order valence-electron chi connectivity index (χ2n) is 2.88. The molecular weight excluding hydrogens is 188 g/mol. The van der Waals surface area contributed by atoms with Gasteiger partial charge in [0.05, 0.1) is 0 Å². The number of rotatable bonds is 2. The molecule has 2 heterocycles. The second-order valence-corrected chi connectivity index (χ2v) is 2.88. The molecule has 6 nitrogen and oxygen atoms in total. The highest BCUT2D eigenvalue weighted by atomic mass is 17.0. The lowest BCUT2D eigenvalue weighted by atomic mass is 10.5. The molecule has 0 saturated carbocycles. The number of nitrogens with zero attached hydrogens (tertiary/aromatic N) is 2. The zero-order valence-corrected chi connectivity index (χ0v) is 7.67.